The first kappa shape index (κ1) is 15.7. The zero-order valence-corrected chi connectivity index (χ0v) is 13.6. The smallest absolute Gasteiger partial charge is 0.326 e. The average Bonchev–Trinajstić information content (AvgIpc) is 2.86. The maximum absolute atomic E-state index is 12.2. The molecule has 1 aliphatic heterocycles. The molecule has 4 nitrogen and oxygen atoms in total. The number of rotatable bonds is 6. The number of nitrogens with one attached hydrogen (secondary N) is 1. The van der Waals surface area contributed by atoms with E-state index < -0.39 is 12.0 Å². The van der Waals surface area contributed by atoms with E-state index in [1.807, 2.05) is 24.1 Å². The number of thioether (sulfide) groups is 2. The highest BCUT2D eigenvalue weighted by atomic mass is 32.2. The minimum absolute atomic E-state index is 0.261. The predicted molar refractivity (Wildman–Crippen MR) is 86.1 cm³/mol. The van der Waals surface area contributed by atoms with Gasteiger partial charge in [0.05, 0.1) is 4.88 Å². The third kappa shape index (κ3) is 3.93. The Hall–Kier alpha value is -0.660. The average molecular weight is 331 g/mol. The van der Waals surface area contributed by atoms with Crippen LogP contribution in [-0.2, 0) is 17.0 Å². The fourth-order valence-corrected chi connectivity index (χ4v) is 4.73. The Morgan fingerprint density at radius 3 is 3.00 bits per heavy atom. The zero-order chi connectivity index (χ0) is 14.5. The van der Waals surface area contributed by atoms with Crippen LogP contribution in [0.3, 0.4) is 0 Å². The molecule has 1 aromatic heterocycles. The van der Waals surface area contributed by atoms with E-state index in [-0.39, 0.29) is 5.91 Å². The molecule has 1 atom stereocenters. The van der Waals surface area contributed by atoms with Crippen molar-refractivity contribution in [3.8, 4) is 0 Å². The van der Waals surface area contributed by atoms with Gasteiger partial charge in [-0.2, -0.15) is 23.5 Å². The van der Waals surface area contributed by atoms with Crippen LogP contribution in [0.4, 0.5) is 0 Å². The lowest BCUT2D eigenvalue weighted by atomic mass is 10.2. The number of thiophene rings is 1. The Bertz CT molecular complexity index is 478. The fourth-order valence-electron chi connectivity index (χ4n) is 1.98. The van der Waals surface area contributed by atoms with Crippen LogP contribution < -0.4 is 5.32 Å². The number of carboxylic acid groups (broad SMARTS) is 1. The summed E-state index contributed by atoms with van der Waals surface area (Å²) in [6, 6.07) is 1.11. The molecule has 2 N–H and O–H groups in total. The predicted octanol–water partition coefficient (Wildman–Crippen LogP) is 2.47. The van der Waals surface area contributed by atoms with Gasteiger partial charge in [0.15, 0.2) is 0 Å². The number of aryl methyl sites for hydroxylation is 1. The summed E-state index contributed by atoms with van der Waals surface area (Å²) in [5, 5.41) is 11.8. The van der Waals surface area contributed by atoms with E-state index in [0.29, 0.717) is 11.3 Å². The molecule has 2 rings (SSSR count). The van der Waals surface area contributed by atoms with Gasteiger partial charge in [-0.25, -0.2) is 4.79 Å². The van der Waals surface area contributed by atoms with Gasteiger partial charge in [-0.3, -0.25) is 4.79 Å². The van der Waals surface area contributed by atoms with Crippen molar-refractivity contribution in [2.45, 2.75) is 24.6 Å². The highest BCUT2D eigenvalue weighted by molar-refractivity contribution is 7.98. The van der Waals surface area contributed by atoms with Crippen LogP contribution in [0.25, 0.3) is 0 Å². The van der Waals surface area contributed by atoms with Crippen molar-refractivity contribution in [1.82, 2.24) is 5.32 Å². The van der Waals surface area contributed by atoms with E-state index in [1.54, 1.807) is 11.8 Å². The summed E-state index contributed by atoms with van der Waals surface area (Å²) in [6.07, 6.45) is 3.38. The molecule has 0 spiro atoms. The molecule has 0 radical (unpaired) electrons. The molecule has 0 saturated heterocycles. The van der Waals surface area contributed by atoms with E-state index in [4.69, 9.17) is 5.11 Å². The zero-order valence-electron chi connectivity index (χ0n) is 11.2. The molecule has 1 amide bonds. The van der Waals surface area contributed by atoms with Crippen LogP contribution in [0.2, 0.25) is 0 Å². The standard InChI is InChI=1S/C13H17NO3S3/c1-18-4-2-9(13(16)17)14-12(15)11-6-8-7-19-5-3-10(8)20-11/h6,9H,2-5,7H2,1H3,(H,14,15)(H,16,17). The Balaban J connectivity index is 2.02. The van der Waals surface area contributed by atoms with E-state index in [9.17, 15) is 9.59 Å². The first-order valence-electron chi connectivity index (χ1n) is 6.33. The molecule has 0 aromatic carbocycles. The molecule has 1 aromatic rings. The summed E-state index contributed by atoms with van der Waals surface area (Å²) >= 11 is 4.95. The largest absolute Gasteiger partial charge is 0.480 e. The monoisotopic (exact) mass is 331 g/mol. The molecule has 0 aliphatic carbocycles. The second-order valence-corrected chi connectivity index (χ2v) is 7.73. The molecule has 0 bridgehead atoms. The van der Waals surface area contributed by atoms with E-state index in [2.05, 4.69) is 5.32 Å². The van der Waals surface area contributed by atoms with Gasteiger partial charge in [-0.15, -0.1) is 11.3 Å². The molecular formula is C13H17NO3S3. The number of aliphatic carboxylic acids is 1. The molecule has 0 saturated carbocycles. The third-order valence-electron chi connectivity index (χ3n) is 3.07. The first-order valence-corrected chi connectivity index (χ1v) is 9.70. The topological polar surface area (TPSA) is 66.4 Å². The maximum Gasteiger partial charge on any atom is 0.326 e. The summed E-state index contributed by atoms with van der Waals surface area (Å²) in [6.45, 7) is 0. The lowest BCUT2D eigenvalue weighted by Gasteiger charge is -2.12. The first-order chi connectivity index (χ1) is 9.61. The van der Waals surface area contributed by atoms with Crippen molar-refractivity contribution in [3.63, 3.8) is 0 Å². The Kier molecular flexibility index (Phi) is 5.80. The second kappa shape index (κ2) is 7.38. The lowest BCUT2D eigenvalue weighted by Crippen LogP contribution is -2.40. The number of carbonyl (C=O) groups is 2. The van der Waals surface area contributed by atoms with Crippen LogP contribution in [0.5, 0.6) is 0 Å². The van der Waals surface area contributed by atoms with Gasteiger partial charge in [0, 0.05) is 10.6 Å². The van der Waals surface area contributed by atoms with Gasteiger partial charge in [-0.05, 0) is 42.2 Å². The van der Waals surface area contributed by atoms with Crippen molar-refractivity contribution >= 4 is 46.7 Å². The van der Waals surface area contributed by atoms with Crippen LogP contribution in [-0.4, -0.2) is 40.8 Å². The number of fused-ring (bicyclic) bond motifs is 1. The number of hydrogen-bond acceptors (Lipinski definition) is 5. The Morgan fingerprint density at radius 2 is 2.35 bits per heavy atom. The van der Waals surface area contributed by atoms with Crippen LogP contribution >= 0.6 is 34.9 Å². The highest BCUT2D eigenvalue weighted by Crippen LogP contribution is 2.31. The fraction of sp³-hybridized carbons (Fsp3) is 0.538. The molecule has 2 heterocycles. The third-order valence-corrected chi connectivity index (χ3v) is 5.95. The summed E-state index contributed by atoms with van der Waals surface area (Å²) < 4.78 is 0. The molecule has 7 heteroatoms. The number of amides is 1. The van der Waals surface area contributed by atoms with Crippen LogP contribution in [0.15, 0.2) is 6.07 Å². The maximum atomic E-state index is 12.2. The normalized spacial score (nSPS) is 15.4. The van der Waals surface area contributed by atoms with Crippen molar-refractivity contribution in [1.29, 1.82) is 0 Å². The van der Waals surface area contributed by atoms with Gasteiger partial charge >= 0.3 is 5.97 Å². The molecule has 1 unspecified atom stereocenters. The minimum atomic E-state index is -0.968. The van der Waals surface area contributed by atoms with Crippen molar-refractivity contribution in [2.24, 2.45) is 0 Å². The van der Waals surface area contributed by atoms with Gasteiger partial charge in [0.1, 0.15) is 6.04 Å². The number of hydrogen-bond donors (Lipinski definition) is 2. The molecule has 110 valence electrons. The van der Waals surface area contributed by atoms with Crippen molar-refractivity contribution < 1.29 is 14.7 Å². The van der Waals surface area contributed by atoms with Crippen molar-refractivity contribution in [3.05, 3.63) is 21.4 Å². The van der Waals surface area contributed by atoms with Crippen LogP contribution in [0.1, 0.15) is 26.5 Å². The van der Waals surface area contributed by atoms with Crippen molar-refractivity contribution in [2.75, 3.05) is 17.8 Å². The summed E-state index contributed by atoms with van der Waals surface area (Å²) in [4.78, 5) is 25.2. The van der Waals surface area contributed by atoms with E-state index >= 15 is 0 Å². The number of carboxylic acids is 1. The molecule has 0 fully saturated rings. The van der Waals surface area contributed by atoms with Gasteiger partial charge in [0.2, 0.25) is 0 Å². The molecule has 1 aliphatic rings. The van der Waals surface area contributed by atoms with Crippen LogP contribution in [0, 0.1) is 0 Å². The minimum Gasteiger partial charge on any atom is -0.480 e. The highest BCUT2D eigenvalue weighted by Gasteiger charge is 2.23. The quantitative estimate of drug-likeness (QED) is 0.838. The summed E-state index contributed by atoms with van der Waals surface area (Å²) in [5.74, 6) is 1.54. The van der Waals surface area contributed by atoms with E-state index in [0.717, 1.165) is 23.7 Å². The van der Waals surface area contributed by atoms with Gasteiger partial charge in [0.25, 0.3) is 5.91 Å². The number of carbonyl (C=O) groups excluding carboxylic acids is 1. The van der Waals surface area contributed by atoms with Gasteiger partial charge < -0.3 is 10.4 Å². The Labute approximate surface area is 130 Å². The Morgan fingerprint density at radius 1 is 1.55 bits per heavy atom. The van der Waals surface area contributed by atoms with Gasteiger partial charge in [-0.1, -0.05) is 0 Å². The lowest BCUT2D eigenvalue weighted by molar-refractivity contribution is -0.139. The summed E-state index contributed by atoms with van der Waals surface area (Å²) in [5.41, 5.74) is 1.23. The SMILES string of the molecule is CSCCC(NC(=O)c1cc2c(s1)CCSC2)C(=O)O. The second-order valence-electron chi connectivity index (χ2n) is 4.51. The molecular weight excluding hydrogens is 314 g/mol. The summed E-state index contributed by atoms with van der Waals surface area (Å²) in [7, 11) is 0. The van der Waals surface area contributed by atoms with E-state index in [1.165, 1.54) is 21.8 Å². The molecule has 20 heavy (non-hydrogen) atoms.